The molecule has 1 saturated carbocycles. The predicted octanol–water partition coefficient (Wildman–Crippen LogP) is 2.60. The van der Waals surface area contributed by atoms with Crippen LogP contribution in [0.5, 0.6) is 0 Å². The minimum absolute atomic E-state index is 0.0352. The van der Waals surface area contributed by atoms with Gasteiger partial charge in [0.25, 0.3) is 0 Å². The van der Waals surface area contributed by atoms with E-state index in [1.807, 2.05) is 35.2 Å². The molecule has 0 aromatic carbocycles. The maximum absolute atomic E-state index is 13.3. The monoisotopic (exact) mass is 614 g/mol. The summed E-state index contributed by atoms with van der Waals surface area (Å²) in [6.45, 7) is 4.51. The standard InChI is InChI=1S/C29H37F3N10O2/c1-37-8-10-38(11-9-37)25(43)18-40-15-21(14-33-40)34-28-35-26-24(6-3-7-41(26)36-28)39-16-22-4-2-5-23(17-39)42(22)27(44)19-12-20(13-19)29(30,31)32/h3,6-7,14-15,19-20,22-23H,2,4-5,8-13,16-18H2,1H3,(H,34,36). The molecule has 6 heterocycles. The minimum Gasteiger partial charge on any atom is -0.364 e. The van der Waals surface area contributed by atoms with Gasteiger partial charge in [0.2, 0.25) is 17.8 Å². The van der Waals surface area contributed by atoms with Gasteiger partial charge in [-0.3, -0.25) is 14.3 Å². The number of piperidine rings is 1. The number of anilines is 3. The summed E-state index contributed by atoms with van der Waals surface area (Å²) in [4.78, 5) is 39.0. The first kappa shape index (κ1) is 28.9. The zero-order valence-corrected chi connectivity index (χ0v) is 24.7. The van der Waals surface area contributed by atoms with Crippen molar-refractivity contribution in [2.45, 2.75) is 56.9 Å². The van der Waals surface area contributed by atoms with Crippen molar-refractivity contribution in [3.63, 3.8) is 0 Å². The summed E-state index contributed by atoms with van der Waals surface area (Å²) in [5, 5.41) is 12.1. The van der Waals surface area contributed by atoms with Crippen LogP contribution in [0.25, 0.3) is 5.65 Å². The molecule has 2 bridgehead atoms. The van der Waals surface area contributed by atoms with E-state index in [2.05, 4.69) is 25.3 Å². The predicted molar refractivity (Wildman–Crippen MR) is 155 cm³/mol. The van der Waals surface area contributed by atoms with Crippen molar-refractivity contribution in [2.24, 2.45) is 11.8 Å². The number of halogens is 3. The fourth-order valence-electron chi connectivity index (χ4n) is 7.09. The quantitative estimate of drug-likeness (QED) is 0.452. The molecular formula is C29H37F3N10O2. The molecule has 2 unspecified atom stereocenters. The van der Waals surface area contributed by atoms with Gasteiger partial charge in [-0.05, 0) is 51.3 Å². The van der Waals surface area contributed by atoms with Crippen molar-refractivity contribution < 1.29 is 22.8 Å². The molecule has 12 nitrogen and oxygen atoms in total. The Hall–Kier alpha value is -3.88. The van der Waals surface area contributed by atoms with Crippen LogP contribution in [-0.2, 0) is 16.1 Å². The first-order valence-corrected chi connectivity index (χ1v) is 15.4. The third-order valence-electron chi connectivity index (χ3n) is 9.65. The summed E-state index contributed by atoms with van der Waals surface area (Å²) in [5.74, 6) is -1.57. The van der Waals surface area contributed by atoms with E-state index in [0.29, 0.717) is 43.5 Å². The van der Waals surface area contributed by atoms with Gasteiger partial charge in [0.1, 0.15) is 6.54 Å². The molecule has 3 saturated heterocycles. The van der Waals surface area contributed by atoms with Gasteiger partial charge in [0, 0.05) is 69.7 Å². The number of nitrogens with zero attached hydrogens (tertiary/aromatic N) is 9. The second-order valence-electron chi connectivity index (χ2n) is 12.6. The number of pyridine rings is 1. The molecule has 15 heteroatoms. The van der Waals surface area contributed by atoms with E-state index >= 15 is 0 Å². The Morgan fingerprint density at radius 1 is 1.07 bits per heavy atom. The number of amides is 2. The summed E-state index contributed by atoms with van der Waals surface area (Å²) in [5.41, 5.74) is 2.22. The summed E-state index contributed by atoms with van der Waals surface area (Å²) >= 11 is 0. The number of rotatable bonds is 6. The van der Waals surface area contributed by atoms with E-state index in [9.17, 15) is 22.8 Å². The number of alkyl halides is 3. The molecule has 0 radical (unpaired) electrons. The lowest BCUT2D eigenvalue weighted by atomic mass is 9.73. The Morgan fingerprint density at radius 3 is 2.50 bits per heavy atom. The topological polar surface area (TPSA) is 107 Å². The van der Waals surface area contributed by atoms with Crippen molar-refractivity contribution in [3.8, 4) is 0 Å². The second kappa shape index (κ2) is 11.2. The van der Waals surface area contributed by atoms with Crippen molar-refractivity contribution in [2.75, 3.05) is 56.5 Å². The van der Waals surface area contributed by atoms with E-state index in [1.54, 1.807) is 21.6 Å². The average Bonchev–Trinajstić information content (AvgIpc) is 3.57. The van der Waals surface area contributed by atoms with Crippen LogP contribution in [0.3, 0.4) is 0 Å². The fraction of sp³-hybridized carbons (Fsp3) is 0.621. The number of nitrogens with one attached hydrogen (secondary N) is 1. The number of hydrogen-bond donors (Lipinski definition) is 1. The summed E-state index contributed by atoms with van der Waals surface area (Å²) in [6, 6.07) is 3.81. The highest BCUT2D eigenvalue weighted by Crippen LogP contribution is 2.46. The van der Waals surface area contributed by atoms with Gasteiger partial charge in [0.15, 0.2) is 5.65 Å². The number of fused-ring (bicyclic) bond motifs is 3. The first-order valence-electron chi connectivity index (χ1n) is 15.4. The van der Waals surface area contributed by atoms with E-state index in [4.69, 9.17) is 4.98 Å². The number of piperazine rings is 2. The maximum Gasteiger partial charge on any atom is 0.391 e. The van der Waals surface area contributed by atoms with E-state index in [1.165, 1.54) is 0 Å². The first-order chi connectivity index (χ1) is 21.1. The Kier molecular flexibility index (Phi) is 7.37. The number of hydrogen-bond acceptors (Lipinski definition) is 8. The SMILES string of the molecule is CN1CCN(C(=O)Cn2cc(Nc3nc4c(N5CC6CCCC(C5)N6C(=O)C5CC(C(F)(F)F)C5)cccn4n3)cn2)CC1. The van der Waals surface area contributed by atoms with E-state index in [0.717, 1.165) is 38.0 Å². The molecule has 3 aromatic rings. The lowest BCUT2D eigenvalue weighted by molar-refractivity contribution is -0.207. The third kappa shape index (κ3) is 5.57. The lowest BCUT2D eigenvalue weighted by Gasteiger charge is -2.52. The smallest absolute Gasteiger partial charge is 0.364 e. The van der Waals surface area contributed by atoms with Crippen molar-refractivity contribution in [3.05, 3.63) is 30.7 Å². The zero-order chi connectivity index (χ0) is 30.6. The molecule has 3 aromatic heterocycles. The van der Waals surface area contributed by atoms with Crippen LogP contribution in [0, 0.1) is 11.8 Å². The number of carbonyl (C=O) groups is 2. The molecule has 2 atom stereocenters. The Bertz CT molecular complexity index is 1510. The molecule has 0 spiro atoms. The average molecular weight is 615 g/mol. The Morgan fingerprint density at radius 2 is 1.80 bits per heavy atom. The van der Waals surface area contributed by atoms with Gasteiger partial charge in [0.05, 0.1) is 23.5 Å². The van der Waals surface area contributed by atoms with Gasteiger partial charge in [-0.1, -0.05) is 0 Å². The summed E-state index contributed by atoms with van der Waals surface area (Å²) in [7, 11) is 2.05. The normalized spacial score (nSPS) is 26.1. The summed E-state index contributed by atoms with van der Waals surface area (Å²) in [6.07, 6.45) is 3.47. The Balaban J connectivity index is 1.02. The van der Waals surface area contributed by atoms with Crippen molar-refractivity contribution >= 4 is 34.8 Å². The second-order valence-corrected chi connectivity index (χ2v) is 12.6. The highest BCUT2D eigenvalue weighted by molar-refractivity contribution is 5.81. The third-order valence-corrected chi connectivity index (χ3v) is 9.65. The molecule has 1 N–H and O–H groups in total. The number of likely N-dealkylation sites (N-methyl/N-ethyl adjacent to an activating group) is 1. The molecule has 1 aliphatic carbocycles. The van der Waals surface area contributed by atoms with Crippen molar-refractivity contribution in [1.82, 2.24) is 39.1 Å². The van der Waals surface area contributed by atoms with Gasteiger partial charge in [-0.25, -0.2) is 4.52 Å². The molecule has 3 aliphatic heterocycles. The highest BCUT2D eigenvalue weighted by atomic mass is 19.4. The van der Waals surface area contributed by atoms with Crippen LogP contribution in [0.2, 0.25) is 0 Å². The number of aromatic nitrogens is 5. The van der Waals surface area contributed by atoms with Crippen LogP contribution >= 0.6 is 0 Å². The van der Waals surface area contributed by atoms with Gasteiger partial charge >= 0.3 is 6.18 Å². The lowest BCUT2D eigenvalue weighted by Crippen LogP contribution is -2.64. The molecular weight excluding hydrogens is 577 g/mol. The molecule has 236 valence electrons. The molecule has 2 amide bonds. The van der Waals surface area contributed by atoms with E-state index < -0.39 is 18.0 Å². The van der Waals surface area contributed by atoms with Crippen LogP contribution in [0.15, 0.2) is 30.7 Å². The Labute approximate surface area is 252 Å². The zero-order valence-electron chi connectivity index (χ0n) is 24.7. The molecule has 4 fully saturated rings. The van der Waals surface area contributed by atoms with Crippen LogP contribution in [-0.4, -0.2) is 115 Å². The van der Waals surface area contributed by atoms with Gasteiger partial charge in [-0.2, -0.15) is 23.3 Å². The van der Waals surface area contributed by atoms with Crippen LogP contribution in [0.1, 0.15) is 32.1 Å². The number of carbonyl (C=O) groups excluding carboxylic acids is 2. The maximum atomic E-state index is 13.3. The molecule has 44 heavy (non-hydrogen) atoms. The summed E-state index contributed by atoms with van der Waals surface area (Å²) < 4.78 is 42.5. The highest BCUT2D eigenvalue weighted by Gasteiger charge is 2.52. The largest absolute Gasteiger partial charge is 0.391 e. The van der Waals surface area contributed by atoms with Gasteiger partial charge < -0.3 is 24.9 Å². The molecule has 4 aliphatic rings. The van der Waals surface area contributed by atoms with Crippen LogP contribution < -0.4 is 10.2 Å². The van der Waals surface area contributed by atoms with E-state index in [-0.39, 0.29) is 43.3 Å². The minimum atomic E-state index is -4.22. The van der Waals surface area contributed by atoms with Crippen molar-refractivity contribution in [1.29, 1.82) is 0 Å². The van der Waals surface area contributed by atoms with Gasteiger partial charge in [-0.15, -0.1) is 5.10 Å². The van der Waals surface area contributed by atoms with Crippen LogP contribution in [0.4, 0.5) is 30.5 Å². The fourth-order valence-corrected chi connectivity index (χ4v) is 7.09. The molecule has 7 rings (SSSR count).